The number of benzene rings is 2. The highest BCUT2D eigenvalue weighted by molar-refractivity contribution is 7.99. The molecule has 3 rings (SSSR count). The molecule has 3 N–H and O–H groups in total. The summed E-state index contributed by atoms with van der Waals surface area (Å²) < 4.78 is 0. The molecule has 0 aliphatic carbocycles. The SMILES string of the molecule is Cc1ccccc1CS[C@H](C)C(=O)Nc1ccc2[nH]c(=O)[nH]c2c1. The molecule has 0 unspecified atom stereocenters. The normalized spacial score (nSPS) is 12.2. The molecule has 1 amide bonds. The molecule has 0 aliphatic heterocycles. The van der Waals surface area contributed by atoms with Gasteiger partial charge in [-0.1, -0.05) is 24.3 Å². The van der Waals surface area contributed by atoms with Crippen LogP contribution in [0.4, 0.5) is 5.69 Å². The number of aromatic nitrogens is 2. The Balaban J connectivity index is 1.62. The lowest BCUT2D eigenvalue weighted by Crippen LogP contribution is -2.22. The zero-order valence-electron chi connectivity index (χ0n) is 13.6. The molecule has 1 heterocycles. The van der Waals surface area contributed by atoms with Gasteiger partial charge in [0.1, 0.15) is 0 Å². The molecular weight excluding hydrogens is 322 g/mol. The van der Waals surface area contributed by atoms with E-state index >= 15 is 0 Å². The van der Waals surface area contributed by atoms with Gasteiger partial charge in [0.25, 0.3) is 0 Å². The molecule has 6 heteroatoms. The van der Waals surface area contributed by atoms with Crippen LogP contribution < -0.4 is 11.0 Å². The minimum atomic E-state index is -0.254. The van der Waals surface area contributed by atoms with Gasteiger partial charge in [0.15, 0.2) is 0 Å². The highest BCUT2D eigenvalue weighted by atomic mass is 32.2. The van der Waals surface area contributed by atoms with Gasteiger partial charge in [-0.3, -0.25) is 4.79 Å². The number of H-pyrrole nitrogens is 2. The van der Waals surface area contributed by atoms with Gasteiger partial charge >= 0.3 is 5.69 Å². The summed E-state index contributed by atoms with van der Waals surface area (Å²) in [6.07, 6.45) is 0. The van der Waals surface area contributed by atoms with E-state index in [2.05, 4.69) is 34.3 Å². The maximum absolute atomic E-state index is 12.3. The third-order valence-electron chi connectivity index (χ3n) is 3.90. The highest BCUT2D eigenvalue weighted by Crippen LogP contribution is 2.22. The van der Waals surface area contributed by atoms with E-state index in [0.29, 0.717) is 11.2 Å². The van der Waals surface area contributed by atoms with Crippen LogP contribution in [0.2, 0.25) is 0 Å². The summed E-state index contributed by atoms with van der Waals surface area (Å²) in [7, 11) is 0. The molecule has 0 spiro atoms. The first-order chi connectivity index (χ1) is 11.5. The monoisotopic (exact) mass is 341 g/mol. The lowest BCUT2D eigenvalue weighted by molar-refractivity contribution is -0.115. The number of anilines is 1. The van der Waals surface area contributed by atoms with Gasteiger partial charge in [0.2, 0.25) is 5.91 Å². The highest BCUT2D eigenvalue weighted by Gasteiger charge is 2.14. The Morgan fingerprint density at radius 1 is 1.17 bits per heavy atom. The van der Waals surface area contributed by atoms with Crippen LogP contribution in [0.5, 0.6) is 0 Å². The van der Waals surface area contributed by atoms with Crippen molar-refractivity contribution < 1.29 is 4.79 Å². The van der Waals surface area contributed by atoms with E-state index in [1.807, 2.05) is 19.1 Å². The third kappa shape index (κ3) is 3.71. The lowest BCUT2D eigenvalue weighted by atomic mass is 10.1. The van der Waals surface area contributed by atoms with E-state index in [9.17, 15) is 9.59 Å². The fraction of sp³-hybridized carbons (Fsp3) is 0.222. The first kappa shape index (κ1) is 16.4. The average molecular weight is 341 g/mol. The first-order valence-electron chi connectivity index (χ1n) is 7.72. The Morgan fingerprint density at radius 3 is 2.71 bits per heavy atom. The van der Waals surface area contributed by atoms with Crippen molar-refractivity contribution in [3.8, 4) is 0 Å². The van der Waals surface area contributed by atoms with E-state index in [-0.39, 0.29) is 16.8 Å². The number of rotatable bonds is 5. The molecule has 0 fully saturated rings. The topological polar surface area (TPSA) is 77.8 Å². The largest absolute Gasteiger partial charge is 0.325 e. The van der Waals surface area contributed by atoms with Gasteiger partial charge < -0.3 is 15.3 Å². The Kier molecular flexibility index (Phi) is 4.76. The van der Waals surface area contributed by atoms with Crippen LogP contribution in [0.25, 0.3) is 11.0 Å². The maximum Gasteiger partial charge on any atom is 0.323 e. The van der Waals surface area contributed by atoms with Crippen LogP contribution in [0.1, 0.15) is 18.1 Å². The van der Waals surface area contributed by atoms with Crippen molar-refractivity contribution in [3.63, 3.8) is 0 Å². The molecule has 0 radical (unpaired) electrons. The zero-order valence-corrected chi connectivity index (χ0v) is 14.4. The quantitative estimate of drug-likeness (QED) is 0.665. The van der Waals surface area contributed by atoms with Crippen LogP contribution in [0.15, 0.2) is 47.3 Å². The van der Waals surface area contributed by atoms with E-state index < -0.39 is 0 Å². The van der Waals surface area contributed by atoms with E-state index in [1.54, 1.807) is 30.0 Å². The molecule has 0 saturated carbocycles. The van der Waals surface area contributed by atoms with Crippen molar-refractivity contribution in [2.24, 2.45) is 0 Å². The molecular formula is C18H19N3O2S. The van der Waals surface area contributed by atoms with Crippen LogP contribution in [-0.2, 0) is 10.5 Å². The minimum Gasteiger partial charge on any atom is -0.325 e. The number of amides is 1. The van der Waals surface area contributed by atoms with Crippen LogP contribution in [0.3, 0.4) is 0 Å². The summed E-state index contributed by atoms with van der Waals surface area (Å²) in [5.74, 6) is 0.747. The fourth-order valence-corrected chi connectivity index (χ4v) is 3.38. The molecule has 3 aromatic rings. The number of aryl methyl sites for hydroxylation is 1. The Bertz CT molecular complexity index is 929. The zero-order chi connectivity index (χ0) is 17.1. The maximum atomic E-state index is 12.3. The van der Waals surface area contributed by atoms with E-state index in [1.165, 1.54) is 11.1 Å². The fourth-order valence-electron chi connectivity index (χ4n) is 2.42. The number of fused-ring (bicyclic) bond motifs is 1. The van der Waals surface area contributed by atoms with Crippen molar-refractivity contribution in [2.45, 2.75) is 24.9 Å². The average Bonchev–Trinajstić information content (AvgIpc) is 2.93. The van der Waals surface area contributed by atoms with E-state index in [0.717, 1.165) is 11.3 Å². The van der Waals surface area contributed by atoms with Crippen LogP contribution in [0, 0.1) is 6.92 Å². The summed E-state index contributed by atoms with van der Waals surface area (Å²) in [4.78, 5) is 29.0. The second-order valence-corrected chi connectivity index (χ2v) is 7.04. The van der Waals surface area contributed by atoms with Crippen molar-refractivity contribution in [1.29, 1.82) is 0 Å². The first-order valence-corrected chi connectivity index (χ1v) is 8.77. The second kappa shape index (κ2) is 6.97. The summed E-state index contributed by atoms with van der Waals surface area (Å²) in [6.45, 7) is 3.97. The summed E-state index contributed by atoms with van der Waals surface area (Å²) in [5.41, 5.74) is 4.30. The van der Waals surface area contributed by atoms with Gasteiger partial charge in [0.05, 0.1) is 16.3 Å². The molecule has 5 nitrogen and oxygen atoms in total. The third-order valence-corrected chi connectivity index (χ3v) is 5.09. The molecule has 2 aromatic carbocycles. The number of carbonyl (C=O) groups is 1. The minimum absolute atomic E-state index is 0.0502. The van der Waals surface area contributed by atoms with Crippen molar-refractivity contribution in [2.75, 3.05) is 5.32 Å². The second-order valence-electron chi connectivity index (χ2n) is 5.71. The molecule has 1 atom stereocenters. The number of nitrogens with one attached hydrogen (secondary N) is 3. The van der Waals surface area contributed by atoms with Crippen LogP contribution in [-0.4, -0.2) is 21.1 Å². The van der Waals surface area contributed by atoms with Gasteiger partial charge in [-0.2, -0.15) is 0 Å². The van der Waals surface area contributed by atoms with E-state index in [4.69, 9.17) is 0 Å². The number of hydrogen-bond acceptors (Lipinski definition) is 3. The number of imidazole rings is 1. The van der Waals surface area contributed by atoms with Gasteiger partial charge in [0, 0.05) is 11.4 Å². The summed E-state index contributed by atoms with van der Waals surface area (Å²) in [6, 6.07) is 13.5. The van der Waals surface area contributed by atoms with Crippen molar-refractivity contribution >= 4 is 34.4 Å². The molecule has 124 valence electrons. The molecule has 1 aromatic heterocycles. The summed E-state index contributed by atoms with van der Waals surface area (Å²) >= 11 is 1.60. The lowest BCUT2D eigenvalue weighted by Gasteiger charge is -2.13. The Labute approximate surface area is 143 Å². The number of hydrogen-bond donors (Lipinski definition) is 3. The summed E-state index contributed by atoms with van der Waals surface area (Å²) in [5, 5.41) is 2.72. The van der Waals surface area contributed by atoms with Gasteiger partial charge in [-0.25, -0.2) is 4.79 Å². The predicted molar refractivity (Wildman–Crippen MR) is 99.5 cm³/mol. The Morgan fingerprint density at radius 2 is 1.92 bits per heavy atom. The number of aromatic amines is 2. The smallest absolute Gasteiger partial charge is 0.323 e. The van der Waals surface area contributed by atoms with Crippen molar-refractivity contribution in [3.05, 3.63) is 64.1 Å². The van der Waals surface area contributed by atoms with Gasteiger partial charge in [-0.15, -0.1) is 11.8 Å². The van der Waals surface area contributed by atoms with Crippen molar-refractivity contribution in [1.82, 2.24) is 9.97 Å². The standard InChI is InChI=1S/C18H19N3O2S/c1-11-5-3-4-6-13(11)10-24-12(2)17(22)19-14-7-8-15-16(9-14)21-18(23)20-15/h3-9,12H,10H2,1-2H3,(H,19,22)(H2,20,21,23)/t12-/m1/s1. The Hall–Kier alpha value is -2.47. The van der Waals surface area contributed by atoms with Gasteiger partial charge in [-0.05, 0) is 43.2 Å². The number of thioether (sulfide) groups is 1. The molecule has 24 heavy (non-hydrogen) atoms. The molecule has 0 saturated heterocycles. The number of carbonyl (C=O) groups excluding carboxylic acids is 1. The molecule has 0 bridgehead atoms. The molecule has 0 aliphatic rings. The van der Waals surface area contributed by atoms with Crippen LogP contribution >= 0.6 is 11.8 Å². The predicted octanol–water partition coefficient (Wildman–Crippen LogP) is 3.43.